The van der Waals surface area contributed by atoms with Crippen molar-refractivity contribution < 1.29 is 17.6 Å². The molecule has 0 saturated heterocycles. The van der Waals surface area contributed by atoms with Crippen molar-refractivity contribution in [3.63, 3.8) is 0 Å². The van der Waals surface area contributed by atoms with Crippen LogP contribution in [0.2, 0.25) is 0 Å². The standard InChI is InChI=1S/C19H14N2O4S3/c22-18(21-19-20-15(11-27-19)16-7-4-10-26-16)17-13(8-9-25-17)12-28(23,24)14-5-2-1-3-6-14/h1-11H,12H2,(H,20,21,22). The highest BCUT2D eigenvalue weighted by Crippen LogP contribution is 2.29. The Labute approximate surface area is 169 Å². The van der Waals surface area contributed by atoms with Gasteiger partial charge in [-0.3, -0.25) is 10.1 Å². The summed E-state index contributed by atoms with van der Waals surface area (Å²) in [4.78, 5) is 18.2. The third kappa shape index (κ3) is 3.91. The molecule has 0 aliphatic carbocycles. The van der Waals surface area contributed by atoms with Gasteiger partial charge in [-0.05, 0) is 29.6 Å². The second-order valence-corrected chi connectivity index (χ2v) is 9.61. The van der Waals surface area contributed by atoms with E-state index in [1.54, 1.807) is 29.5 Å². The number of thiophene rings is 1. The molecule has 28 heavy (non-hydrogen) atoms. The molecule has 0 radical (unpaired) electrons. The molecule has 4 aromatic rings. The van der Waals surface area contributed by atoms with Crippen molar-refractivity contribution >= 4 is 43.5 Å². The lowest BCUT2D eigenvalue weighted by atomic mass is 10.3. The van der Waals surface area contributed by atoms with Crippen molar-refractivity contribution in [1.29, 1.82) is 0 Å². The van der Waals surface area contributed by atoms with Crippen LogP contribution in [0.4, 0.5) is 5.13 Å². The van der Waals surface area contributed by atoms with Gasteiger partial charge in [-0.2, -0.15) is 0 Å². The zero-order chi connectivity index (χ0) is 19.6. The van der Waals surface area contributed by atoms with Gasteiger partial charge in [0.25, 0.3) is 5.91 Å². The number of benzene rings is 1. The van der Waals surface area contributed by atoms with E-state index in [0.29, 0.717) is 10.7 Å². The maximum Gasteiger partial charge on any atom is 0.293 e. The number of hydrogen-bond acceptors (Lipinski definition) is 7. The van der Waals surface area contributed by atoms with Gasteiger partial charge in [0.1, 0.15) is 0 Å². The number of nitrogens with one attached hydrogen (secondary N) is 1. The average Bonchev–Trinajstić information content (AvgIpc) is 3.43. The Bertz CT molecular complexity index is 1190. The number of rotatable bonds is 6. The molecule has 0 bridgehead atoms. The summed E-state index contributed by atoms with van der Waals surface area (Å²) in [6.45, 7) is 0. The number of nitrogens with zero attached hydrogens (tertiary/aromatic N) is 1. The molecular formula is C19H14N2O4S3. The highest BCUT2D eigenvalue weighted by Gasteiger charge is 2.23. The first kappa shape index (κ1) is 18.6. The minimum Gasteiger partial charge on any atom is -0.459 e. The van der Waals surface area contributed by atoms with E-state index in [2.05, 4.69) is 10.3 Å². The molecule has 0 aliphatic heterocycles. The van der Waals surface area contributed by atoms with Crippen LogP contribution in [-0.2, 0) is 15.6 Å². The summed E-state index contributed by atoms with van der Waals surface area (Å²) < 4.78 is 30.4. The van der Waals surface area contributed by atoms with Crippen molar-refractivity contribution in [3.05, 3.63) is 76.9 Å². The summed E-state index contributed by atoms with van der Waals surface area (Å²) in [6, 6.07) is 13.5. The molecule has 3 heterocycles. The molecule has 4 rings (SSSR count). The zero-order valence-electron chi connectivity index (χ0n) is 14.4. The number of carbonyl (C=O) groups is 1. The van der Waals surface area contributed by atoms with Crippen molar-refractivity contribution in [3.8, 4) is 10.6 Å². The van der Waals surface area contributed by atoms with E-state index < -0.39 is 15.7 Å². The highest BCUT2D eigenvalue weighted by atomic mass is 32.2. The fourth-order valence-electron chi connectivity index (χ4n) is 2.59. The Morgan fingerprint density at radius 1 is 1.07 bits per heavy atom. The first-order valence-corrected chi connectivity index (χ1v) is 11.6. The van der Waals surface area contributed by atoms with Crippen molar-refractivity contribution in [2.75, 3.05) is 5.32 Å². The average molecular weight is 431 g/mol. The van der Waals surface area contributed by atoms with Gasteiger partial charge in [-0.25, -0.2) is 13.4 Å². The predicted molar refractivity (Wildman–Crippen MR) is 109 cm³/mol. The van der Waals surface area contributed by atoms with Gasteiger partial charge >= 0.3 is 0 Å². The number of anilines is 1. The van der Waals surface area contributed by atoms with Crippen LogP contribution >= 0.6 is 22.7 Å². The molecule has 0 fully saturated rings. The quantitative estimate of drug-likeness (QED) is 0.479. The SMILES string of the molecule is O=C(Nc1nc(-c2cccs2)cs1)c1occc1CS(=O)(=O)c1ccccc1. The topological polar surface area (TPSA) is 89.3 Å². The van der Waals surface area contributed by atoms with Crippen LogP contribution in [-0.4, -0.2) is 19.3 Å². The fourth-order valence-corrected chi connectivity index (χ4v) is 5.43. The fraction of sp³-hybridized carbons (Fsp3) is 0.0526. The number of amides is 1. The van der Waals surface area contributed by atoms with Crippen LogP contribution in [0.15, 0.2) is 74.9 Å². The monoisotopic (exact) mass is 430 g/mol. The Kier molecular flexibility index (Phi) is 5.12. The summed E-state index contributed by atoms with van der Waals surface area (Å²) >= 11 is 2.85. The van der Waals surface area contributed by atoms with Crippen LogP contribution in [0.5, 0.6) is 0 Å². The van der Waals surface area contributed by atoms with Crippen molar-refractivity contribution in [1.82, 2.24) is 4.98 Å². The van der Waals surface area contributed by atoms with Gasteiger partial charge in [-0.1, -0.05) is 24.3 Å². The summed E-state index contributed by atoms with van der Waals surface area (Å²) in [6.07, 6.45) is 1.31. The molecule has 142 valence electrons. The number of thiazole rings is 1. The van der Waals surface area contributed by atoms with Gasteiger partial charge < -0.3 is 4.42 Å². The minimum absolute atomic E-state index is 0.0348. The van der Waals surface area contributed by atoms with E-state index in [0.717, 1.165) is 10.6 Å². The number of aromatic nitrogens is 1. The molecule has 1 N–H and O–H groups in total. The molecular weight excluding hydrogens is 416 g/mol. The molecule has 1 aromatic carbocycles. The lowest BCUT2D eigenvalue weighted by Gasteiger charge is -2.05. The molecule has 9 heteroatoms. The second-order valence-electron chi connectivity index (χ2n) is 5.82. The van der Waals surface area contributed by atoms with E-state index in [4.69, 9.17) is 4.42 Å². The summed E-state index contributed by atoms with van der Waals surface area (Å²) in [5.41, 5.74) is 1.08. The van der Waals surface area contributed by atoms with E-state index in [9.17, 15) is 13.2 Å². The smallest absolute Gasteiger partial charge is 0.293 e. The Morgan fingerprint density at radius 2 is 1.89 bits per heavy atom. The third-order valence-electron chi connectivity index (χ3n) is 3.90. The van der Waals surface area contributed by atoms with Gasteiger partial charge in [-0.15, -0.1) is 22.7 Å². The van der Waals surface area contributed by atoms with Crippen LogP contribution in [0, 0.1) is 0 Å². The van der Waals surface area contributed by atoms with E-state index >= 15 is 0 Å². The summed E-state index contributed by atoms with van der Waals surface area (Å²) in [7, 11) is -3.59. The number of hydrogen-bond donors (Lipinski definition) is 1. The molecule has 3 aromatic heterocycles. The molecule has 0 saturated carbocycles. The van der Waals surface area contributed by atoms with Gasteiger partial charge in [0.05, 0.1) is 27.5 Å². The highest BCUT2D eigenvalue weighted by molar-refractivity contribution is 7.90. The van der Waals surface area contributed by atoms with E-state index in [1.807, 2.05) is 22.9 Å². The summed E-state index contributed by atoms with van der Waals surface area (Å²) in [5.74, 6) is -0.892. The first-order valence-electron chi connectivity index (χ1n) is 8.18. The number of furan rings is 1. The Balaban J connectivity index is 1.52. The van der Waals surface area contributed by atoms with Crippen LogP contribution < -0.4 is 5.32 Å². The maximum absolute atomic E-state index is 12.6. The van der Waals surface area contributed by atoms with Gasteiger partial charge in [0, 0.05) is 10.9 Å². The Hall–Kier alpha value is -2.75. The lowest BCUT2D eigenvalue weighted by Crippen LogP contribution is -2.14. The molecule has 0 spiro atoms. The van der Waals surface area contributed by atoms with E-state index in [1.165, 1.54) is 35.8 Å². The zero-order valence-corrected chi connectivity index (χ0v) is 16.8. The molecule has 1 amide bonds. The van der Waals surface area contributed by atoms with Crippen LogP contribution in [0.3, 0.4) is 0 Å². The molecule has 0 atom stereocenters. The second kappa shape index (κ2) is 7.70. The van der Waals surface area contributed by atoms with Gasteiger partial charge in [0.15, 0.2) is 20.7 Å². The number of sulfone groups is 1. The predicted octanol–water partition coefficient (Wildman–Crippen LogP) is 4.69. The van der Waals surface area contributed by atoms with Crippen molar-refractivity contribution in [2.24, 2.45) is 0 Å². The van der Waals surface area contributed by atoms with Crippen molar-refractivity contribution in [2.45, 2.75) is 10.6 Å². The number of carbonyl (C=O) groups excluding carboxylic acids is 1. The largest absolute Gasteiger partial charge is 0.459 e. The first-order chi connectivity index (χ1) is 13.5. The van der Waals surface area contributed by atoms with Gasteiger partial charge in [0.2, 0.25) is 0 Å². The van der Waals surface area contributed by atoms with E-state index in [-0.39, 0.29) is 16.4 Å². The molecule has 0 aliphatic rings. The summed E-state index contributed by atoms with van der Waals surface area (Å²) in [5, 5.41) is 6.90. The van der Waals surface area contributed by atoms with Crippen LogP contribution in [0.1, 0.15) is 16.1 Å². The normalized spacial score (nSPS) is 11.4. The third-order valence-corrected chi connectivity index (χ3v) is 7.23. The molecule has 6 nitrogen and oxygen atoms in total. The van der Waals surface area contributed by atoms with Crippen LogP contribution in [0.25, 0.3) is 10.6 Å². The molecule has 0 unspecified atom stereocenters. The minimum atomic E-state index is -3.59. The maximum atomic E-state index is 12.6. The lowest BCUT2D eigenvalue weighted by molar-refractivity contribution is 0.0996. The Morgan fingerprint density at radius 3 is 2.64 bits per heavy atom.